The van der Waals surface area contributed by atoms with Crippen LogP contribution in [0.4, 0.5) is 5.95 Å². The average Bonchev–Trinajstić information content (AvgIpc) is 2.61. The van der Waals surface area contributed by atoms with Gasteiger partial charge in [-0.3, -0.25) is 4.90 Å². The van der Waals surface area contributed by atoms with Crippen LogP contribution in [0, 0.1) is 0 Å². The Balaban J connectivity index is 1.58. The molecular weight excluding hydrogens is 320 g/mol. The number of nitrogens with zero attached hydrogens (tertiary/aromatic N) is 3. The van der Waals surface area contributed by atoms with Gasteiger partial charge in [0.05, 0.1) is 0 Å². The van der Waals surface area contributed by atoms with Crippen LogP contribution in [0.3, 0.4) is 0 Å². The lowest BCUT2D eigenvalue weighted by molar-refractivity contribution is -0.139. The lowest BCUT2D eigenvalue weighted by Gasteiger charge is -2.32. The molecule has 25 heavy (non-hydrogen) atoms. The molecule has 7 nitrogen and oxygen atoms in total. The van der Waals surface area contributed by atoms with E-state index in [1.54, 1.807) is 6.20 Å². The molecule has 0 radical (unpaired) electrons. The highest BCUT2D eigenvalue weighted by Gasteiger charge is 2.22. The molecule has 0 saturated carbocycles. The second kappa shape index (κ2) is 7.94. The Bertz CT molecular complexity index is 730. The molecule has 3 rings (SSSR count). The summed E-state index contributed by atoms with van der Waals surface area (Å²) >= 11 is 0. The molecule has 2 aromatic rings. The lowest BCUT2D eigenvalue weighted by Crippen LogP contribution is -2.33. The number of aromatic nitrogens is 2. The third kappa shape index (κ3) is 4.67. The summed E-state index contributed by atoms with van der Waals surface area (Å²) in [5.41, 5.74) is 7.69. The molecule has 1 aliphatic rings. The first-order valence-corrected chi connectivity index (χ1v) is 8.35. The minimum atomic E-state index is -0.972. The van der Waals surface area contributed by atoms with Crippen LogP contribution in [0.25, 0.3) is 0 Å². The van der Waals surface area contributed by atoms with Gasteiger partial charge >= 0.3 is 5.97 Å². The number of para-hydroxylation sites is 1. The maximum Gasteiger partial charge on any atom is 0.341 e. The summed E-state index contributed by atoms with van der Waals surface area (Å²) in [6.07, 6.45) is 3.73. The Labute approximate surface area is 146 Å². The van der Waals surface area contributed by atoms with Crippen molar-refractivity contribution in [3.63, 3.8) is 0 Å². The van der Waals surface area contributed by atoms with E-state index in [-0.39, 0.29) is 6.61 Å². The molecule has 0 aliphatic carbocycles. The molecule has 3 N–H and O–H groups in total. The second-order valence-electron chi connectivity index (χ2n) is 6.18. The highest BCUT2D eigenvalue weighted by Crippen LogP contribution is 2.28. The molecule has 1 fully saturated rings. The Kier molecular flexibility index (Phi) is 5.45. The van der Waals surface area contributed by atoms with Crippen LogP contribution in [-0.4, -0.2) is 45.6 Å². The van der Waals surface area contributed by atoms with E-state index < -0.39 is 5.97 Å². The van der Waals surface area contributed by atoms with E-state index in [0.29, 0.717) is 17.6 Å². The summed E-state index contributed by atoms with van der Waals surface area (Å²) in [5, 5.41) is 8.79. The highest BCUT2D eigenvalue weighted by molar-refractivity contribution is 5.68. The van der Waals surface area contributed by atoms with Gasteiger partial charge in [0.2, 0.25) is 5.95 Å². The molecule has 7 heteroatoms. The monoisotopic (exact) mass is 342 g/mol. The van der Waals surface area contributed by atoms with Crippen molar-refractivity contribution in [2.24, 2.45) is 0 Å². The van der Waals surface area contributed by atoms with E-state index in [0.717, 1.165) is 43.7 Å². The van der Waals surface area contributed by atoms with Gasteiger partial charge in [0.25, 0.3) is 0 Å². The van der Waals surface area contributed by atoms with Gasteiger partial charge in [-0.05, 0) is 38.1 Å². The third-order valence-corrected chi connectivity index (χ3v) is 4.42. The first-order valence-electron chi connectivity index (χ1n) is 8.35. The van der Waals surface area contributed by atoms with Crippen molar-refractivity contribution in [1.82, 2.24) is 14.9 Å². The lowest BCUT2D eigenvalue weighted by atomic mass is 9.93. The predicted octanol–water partition coefficient (Wildman–Crippen LogP) is 1.90. The molecular formula is C18H22N4O3. The normalized spacial score (nSPS) is 15.8. The Morgan fingerprint density at radius 1 is 1.28 bits per heavy atom. The van der Waals surface area contributed by atoms with E-state index >= 15 is 0 Å². The third-order valence-electron chi connectivity index (χ3n) is 4.42. The summed E-state index contributed by atoms with van der Waals surface area (Å²) in [6.45, 7) is 2.31. The van der Waals surface area contributed by atoms with Gasteiger partial charge in [-0.2, -0.15) is 0 Å². The second-order valence-corrected chi connectivity index (χ2v) is 6.18. The largest absolute Gasteiger partial charge is 0.482 e. The zero-order valence-electron chi connectivity index (χ0n) is 14.0. The quantitative estimate of drug-likeness (QED) is 0.826. The number of benzene rings is 1. The fourth-order valence-corrected chi connectivity index (χ4v) is 3.16. The van der Waals surface area contributed by atoms with Gasteiger partial charge in [0, 0.05) is 29.9 Å². The number of nitrogens with two attached hydrogens (primary N) is 1. The molecule has 1 aliphatic heterocycles. The predicted molar refractivity (Wildman–Crippen MR) is 93.3 cm³/mol. The minimum absolute atomic E-state index is 0.324. The van der Waals surface area contributed by atoms with Crippen molar-refractivity contribution < 1.29 is 14.6 Å². The molecule has 1 aromatic carbocycles. The van der Waals surface area contributed by atoms with Crippen LogP contribution in [0.2, 0.25) is 0 Å². The van der Waals surface area contributed by atoms with Crippen molar-refractivity contribution in [2.75, 3.05) is 25.4 Å². The fourth-order valence-electron chi connectivity index (χ4n) is 3.16. The number of carboxylic acids is 1. The highest BCUT2D eigenvalue weighted by atomic mass is 16.5. The summed E-state index contributed by atoms with van der Waals surface area (Å²) in [4.78, 5) is 21.3. The van der Waals surface area contributed by atoms with Crippen LogP contribution >= 0.6 is 0 Å². The molecule has 0 unspecified atom stereocenters. The first-order chi connectivity index (χ1) is 12.1. The summed E-state index contributed by atoms with van der Waals surface area (Å²) < 4.78 is 5.39. The van der Waals surface area contributed by atoms with Crippen LogP contribution < -0.4 is 10.5 Å². The van der Waals surface area contributed by atoms with E-state index in [1.165, 1.54) is 0 Å². The standard InChI is InChI=1S/C18H22N4O3/c19-18-20-8-5-15(21-18)13-6-9-22(10-7-13)11-14-3-1-2-4-16(14)25-12-17(23)24/h1-5,8,13H,6-7,9-12H2,(H,23,24)(H2,19,20,21). The van der Waals surface area contributed by atoms with E-state index in [2.05, 4.69) is 14.9 Å². The fraction of sp³-hybridized carbons (Fsp3) is 0.389. The zero-order chi connectivity index (χ0) is 17.6. The molecule has 0 atom stereocenters. The molecule has 1 saturated heterocycles. The Morgan fingerprint density at radius 3 is 2.76 bits per heavy atom. The summed E-state index contributed by atoms with van der Waals surface area (Å²) in [7, 11) is 0. The number of hydrogen-bond acceptors (Lipinski definition) is 6. The van der Waals surface area contributed by atoms with Crippen molar-refractivity contribution in [3.8, 4) is 5.75 Å². The molecule has 1 aromatic heterocycles. The molecule has 0 spiro atoms. The number of anilines is 1. The maximum atomic E-state index is 10.7. The van der Waals surface area contributed by atoms with Gasteiger partial charge < -0.3 is 15.6 Å². The Hall–Kier alpha value is -2.67. The topological polar surface area (TPSA) is 102 Å². The van der Waals surface area contributed by atoms with Crippen molar-refractivity contribution in [3.05, 3.63) is 47.8 Å². The van der Waals surface area contributed by atoms with Gasteiger partial charge in [0.1, 0.15) is 5.75 Å². The van der Waals surface area contributed by atoms with E-state index in [9.17, 15) is 4.79 Å². The van der Waals surface area contributed by atoms with Crippen molar-refractivity contribution >= 4 is 11.9 Å². The van der Waals surface area contributed by atoms with Crippen molar-refractivity contribution in [1.29, 1.82) is 0 Å². The number of nitrogen functional groups attached to an aromatic ring is 1. The summed E-state index contributed by atoms with van der Waals surface area (Å²) in [5.74, 6) is 0.389. The number of rotatable bonds is 6. The molecule has 0 bridgehead atoms. The summed E-state index contributed by atoms with van der Waals surface area (Å²) in [6, 6.07) is 9.53. The molecule has 0 amide bonds. The first kappa shape index (κ1) is 17.2. The van der Waals surface area contributed by atoms with E-state index in [1.807, 2.05) is 30.3 Å². The van der Waals surface area contributed by atoms with E-state index in [4.69, 9.17) is 15.6 Å². The number of aliphatic carboxylic acids is 1. The number of carbonyl (C=O) groups is 1. The van der Waals surface area contributed by atoms with Crippen molar-refractivity contribution in [2.45, 2.75) is 25.3 Å². The smallest absolute Gasteiger partial charge is 0.341 e. The Morgan fingerprint density at radius 2 is 2.04 bits per heavy atom. The van der Waals surface area contributed by atoms with Gasteiger partial charge in [-0.1, -0.05) is 18.2 Å². The number of likely N-dealkylation sites (tertiary alicyclic amines) is 1. The zero-order valence-corrected chi connectivity index (χ0v) is 14.0. The van der Waals surface area contributed by atoms with Crippen LogP contribution in [0.1, 0.15) is 30.0 Å². The SMILES string of the molecule is Nc1nccc(C2CCN(Cc3ccccc3OCC(=O)O)CC2)n1. The minimum Gasteiger partial charge on any atom is -0.482 e. The molecule has 132 valence electrons. The van der Waals surface area contributed by atoms with Crippen LogP contribution in [0.15, 0.2) is 36.5 Å². The number of hydrogen-bond donors (Lipinski definition) is 2. The van der Waals surface area contributed by atoms with Crippen LogP contribution in [0.5, 0.6) is 5.75 Å². The number of piperidine rings is 1. The van der Waals surface area contributed by atoms with Crippen LogP contribution in [-0.2, 0) is 11.3 Å². The van der Waals surface area contributed by atoms with Gasteiger partial charge in [-0.15, -0.1) is 0 Å². The number of carboxylic acid groups (broad SMARTS) is 1. The number of ether oxygens (including phenoxy) is 1. The maximum absolute atomic E-state index is 10.7. The van der Waals surface area contributed by atoms with Gasteiger partial charge in [-0.25, -0.2) is 14.8 Å². The molecule has 2 heterocycles. The van der Waals surface area contributed by atoms with Gasteiger partial charge in [0.15, 0.2) is 6.61 Å². The average molecular weight is 342 g/mol.